The van der Waals surface area contributed by atoms with E-state index in [-0.39, 0.29) is 18.5 Å². The fourth-order valence-electron chi connectivity index (χ4n) is 12.3. The predicted molar refractivity (Wildman–Crippen MR) is 361 cm³/mol. The average molecular weight is 1160 g/mol. The Bertz CT molecular complexity index is 1240. The summed E-state index contributed by atoms with van der Waals surface area (Å²) >= 11 is 0. The average Bonchev–Trinajstić information content (AvgIpc) is 3.48. The summed E-state index contributed by atoms with van der Waals surface area (Å²) in [5.74, 6) is -0.00354. The van der Waals surface area contributed by atoms with Crippen molar-refractivity contribution in [2.24, 2.45) is 0 Å². The van der Waals surface area contributed by atoms with Crippen LogP contribution in [-0.4, -0.2) is 47.4 Å². The molecule has 0 aliphatic carbocycles. The van der Waals surface area contributed by atoms with Crippen LogP contribution in [0.15, 0.2) is 12.2 Å². The number of carbonyl (C=O) groups is 2. The number of ether oxygens (including phenoxy) is 1. The summed E-state index contributed by atoms with van der Waals surface area (Å²) in [6, 6.07) is -0.538. The lowest BCUT2D eigenvalue weighted by molar-refractivity contribution is -0.143. The minimum Gasteiger partial charge on any atom is -0.466 e. The predicted octanol–water partition coefficient (Wildman–Crippen LogP) is 24.7. The molecular weight excluding hydrogens is 1010 g/mol. The van der Waals surface area contributed by atoms with Crippen molar-refractivity contribution in [1.29, 1.82) is 0 Å². The summed E-state index contributed by atoms with van der Waals surface area (Å²) in [5, 5.41) is 23.3. The van der Waals surface area contributed by atoms with Gasteiger partial charge in [-0.3, -0.25) is 9.59 Å². The molecule has 0 radical (unpaired) electrons. The van der Waals surface area contributed by atoms with Crippen LogP contribution in [0.2, 0.25) is 0 Å². The maximum Gasteiger partial charge on any atom is 0.305 e. The molecule has 0 aliphatic rings. The van der Waals surface area contributed by atoms with E-state index in [1.165, 1.54) is 366 Å². The summed E-state index contributed by atoms with van der Waals surface area (Å²) < 4.78 is 5.50. The number of esters is 1. The molecule has 2 atom stereocenters. The molecule has 0 aromatic rings. The number of rotatable bonds is 72. The lowest BCUT2D eigenvalue weighted by Gasteiger charge is -2.22. The van der Waals surface area contributed by atoms with Crippen LogP contribution in [0, 0.1) is 0 Å². The number of aliphatic hydroxyl groups excluding tert-OH is 2. The molecule has 0 fully saturated rings. The quantitative estimate of drug-likeness (QED) is 0.0320. The number of unbranched alkanes of at least 4 members (excludes halogenated alkanes) is 59. The van der Waals surface area contributed by atoms with Crippen molar-refractivity contribution < 1.29 is 24.5 Å². The van der Waals surface area contributed by atoms with Gasteiger partial charge >= 0.3 is 5.97 Å². The van der Waals surface area contributed by atoms with Gasteiger partial charge in [0.1, 0.15) is 0 Å². The van der Waals surface area contributed by atoms with Gasteiger partial charge in [-0.1, -0.05) is 386 Å². The van der Waals surface area contributed by atoms with Crippen LogP contribution in [0.3, 0.4) is 0 Å². The Morgan fingerprint density at radius 2 is 0.573 bits per heavy atom. The second-order valence-corrected chi connectivity index (χ2v) is 26.3. The number of allylic oxidation sites excluding steroid dienone is 2. The van der Waals surface area contributed by atoms with E-state index in [0.717, 1.165) is 38.5 Å². The first kappa shape index (κ1) is 80.6. The maximum atomic E-state index is 12.5. The van der Waals surface area contributed by atoms with Crippen molar-refractivity contribution in [2.75, 3.05) is 13.2 Å². The third kappa shape index (κ3) is 67.7. The highest BCUT2D eigenvalue weighted by molar-refractivity contribution is 5.76. The summed E-state index contributed by atoms with van der Waals surface area (Å²) in [6.45, 7) is 5.00. The molecule has 0 saturated heterocycles. The van der Waals surface area contributed by atoms with Gasteiger partial charge in [0.2, 0.25) is 5.91 Å². The molecule has 0 aromatic carbocycles. The Balaban J connectivity index is 3.32. The van der Waals surface area contributed by atoms with Gasteiger partial charge in [-0.2, -0.15) is 0 Å². The lowest BCUT2D eigenvalue weighted by atomic mass is 10.0. The molecule has 2 unspecified atom stereocenters. The second-order valence-electron chi connectivity index (χ2n) is 26.3. The highest BCUT2D eigenvalue weighted by Crippen LogP contribution is 2.20. The van der Waals surface area contributed by atoms with Crippen molar-refractivity contribution in [3.8, 4) is 0 Å². The molecule has 0 aliphatic heterocycles. The molecule has 0 aromatic heterocycles. The van der Waals surface area contributed by atoms with Gasteiger partial charge in [0.25, 0.3) is 0 Å². The molecule has 0 saturated carbocycles. The van der Waals surface area contributed by atoms with Crippen LogP contribution < -0.4 is 5.32 Å². The molecule has 6 nitrogen and oxygen atoms in total. The normalized spacial score (nSPS) is 12.5. The summed E-state index contributed by atoms with van der Waals surface area (Å²) in [4.78, 5) is 24.6. The van der Waals surface area contributed by atoms with Crippen molar-refractivity contribution in [1.82, 2.24) is 5.32 Å². The van der Waals surface area contributed by atoms with Crippen molar-refractivity contribution in [3.63, 3.8) is 0 Å². The van der Waals surface area contributed by atoms with Crippen molar-refractivity contribution >= 4 is 11.9 Å². The van der Waals surface area contributed by atoms with E-state index in [0.29, 0.717) is 25.9 Å². The molecule has 1 amide bonds. The Labute approximate surface area is 514 Å². The Kier molecular flexibility index (Phi) is 70.8. The third-order valence-corrected chi connectivity index (χ3v) is 18.1. The molecule has 0 heterocycles. The first-order valence-electron chi connectivity index (χ1n) is 37.9. The highest BCUT2D eigenvalue weighted by Gasteiger charge is 2.20. The second kappa shape index (κ2) is 72.1. The van der Waals surface area contributed by atoms with E-state index in [1.54, 1.807) is 0 Å². The lowest BCUT2D eigenvalue weighted by Crippen LogP contribution is -2.45. The van der Waals surface area contributed by atoms with Crippen LogP contribution in [0.4, 0.5) is 0 Å². The van der Waals surface area contributed by atoms with E-state index < -0.39 is 12.1 Å². The fourth-order valence-corrected chi connectivity index (χ4v) is 12.3. The zero-order chi connectivity index (χ0) is 59.2. The largest absolute Gasteiger partial charge is 0.466 e. The molecule has 0 spiro atoms. The molecule has 82 heavy (non-hydrogen) atoms. The van der Waals surface area contributed by atoms with Crippen LogP contribution in [-0.2, 0) is 14.3 Å². The van der Waals surface area contributed by atoms with Crippen molar-refractivity contribution in [3.05, 3.63) is 12.2 Å². The van der Waals surface area contributed by atoms with Crippen LogP contribution in [0.25, 0.3) is 0 Å². The Morgan fingerprint density at radius 1 is 0.329 bits per heavy atom. The zero-order valence-corrected chi connectivity index (χ0v) is 56.0. The number of nitrogens with one attached hydrogen (secondary N) is 1. The van der Waals surface area contributed by atoms with Gasteiger partial charge in [-0.25, -0.2) is 0 Å². The molecule has 488 valence electrons. The Morgan fingerprint density at radius 3 is 0.866 bits per heavy atom. The minimum absolute atomic E-state index is 0.0242. The van der Waals surface area contributed by atoms with Gasteiger partial charge in [-0.05, 0) is 51.4 Å². The van der Waals surface area contributed by atoms with Crippen LogP contribution in [0.5, 0.6) is 0 Å². The monoisotopic (exact) mass is 1160 g/mol. The number of hydrogen-bond acceptors (Lipinski definition) is 5. The molecule has 3 N–H and O–H groups in total. The van der Waals surface area contributed by atoms with Gasteiger partial charge < -0.3 is 20.3 Å². The highest BCUT2D eigenvalue weighted by atomic mass is 16.5. The van der Waals surface area contributed by atoms with E-state index in [9.17, 15) is 19.8 Å². The van der Waals surface area contributed by atoms with E-state index in [1.807, 2.05) is 0 Å². The summed E-state index contributed by atoms with van der Waals surface area (Å²) in [5.41, 5.74) is 0. The van der Waals surface area contributed by atoms with E-state index in [2.05, 4.69) is 31.3 Å². The zero-order valence-electron chi connectivity index (χ0n) is 56.0. The molecule has 0 bridgehead atoms. The molecular formula is C76H149NO5. The van der Waals surface area contributed by atoms with Gasteiger partial charge in [0, 0.05) is 12.8 Å². The summed E-state index contributed by atoms with van der Waals surface area (Å²) in [6.07, 6.45) is 90.1. The standard InChI is InChI=1S/C76H149NO5/c1-3-5-7-9-11-13-15-17-40-44-48-52-56-60-64-68-74(79)73(72-78)77-75(80)69-65-61-57-53-49-45-42-38-36-34-32-30-28-26-24-22-20-19-21-23-25-27-29-31-33-35-37-39-43-47-51-55-59-63-67-71-82-76(81)70-66-62-58-54-50-46-41-18-16-14-12-10-8-6-4-2/h21,23,73-74,78-79H,3-20,22,24-72H2,1-2H3,(H,77,80)/b23-21-. The van der Waals surface area contributed by atoms with Gasteiger partial charge in [0.05, 0.1) is 25.4 Å². The fraction of sp³-hybridized carbons (Fsp3) is 0.947. The molecule has 6 heteroatoms. The van der Waals surface area contributed by atoms with Crippen LogP contribution in [0.1, 0.15) is 438 Å². The first-order chi connectivity index (χ1) is 40.5. The number of aliphatic hydroxyl groups is 2. The van der Waals surface area contributed by atoms with E-state index >= 15 is 0 Å². The van der Waals surface area contributed by atoms with Gasteiger partial charge in [0.15, 0.2) is 0 Å². The Hall–Kier alpha value is -1.40. The van der Waals surface area contributed by atoms with Crippen molar-refractivity contribution in [2.45, 2.75) is 450 Å². The van der Waals surface area contributed by atoms with Crippen LogP contribution >= 0.6 is 0 Å². The van der Waals surface area contributed by atoms with E-state index in [4.69, 9.17) is 4.74 Å². The SMILES string of the molecule is CCCCCCCCCCCCCCCCCC(=O)OCCCCCCCCCCCCCCCC/C=C\CCCCCCCCCCCCCCCCCCCC(=O)NC(CO)C(O)CCCCCCCCCCCCCCCCC. The first-order valence-corrected chi connectivity index (χ1v) is 37.9. The smallest absolute Gasteiger partial charge is 0.305 e. The molecule has 0 rings (SSSR count). The topological polar surface area (TPSA) is 95.9 Å². The maximum absolute atomic E-state index is 12.5. The minimum atomic E-state index is -0.661. The number of amides is 1. The summed E-state index contributed by atoms with van der Waals surface area (Å²) in [7, 11) is 0. The third-order valence-electron chi connectivity index (χ3n) is 18.1. The number of hydrogen-bond donors (Lipinski definition) is 3. The van der Waals surface area contributed by atoms with Gasteiger partial charge in [-0.15, -0.1) is 0 Å². The number of carbonyl (C=O) groups excluding carboxylic acids is 2.